The topological polar surface area (TPSA) is 57.2 Å². The molecule has 2 rings (SSSR count). The van der Waals surface area contributed by atoms with Gasteiger partial charge in [0.05, 0.1) is 0 Å². The zero-order valence-electron chi connectivity index (χ0n) is 9.81. The summed E-state index contributed by atoms with van der Waals surface area (Å²) in [5.74, 6) is 0.484. The highest BCUT2D eigenvalue weighted by Gasteiger charge is 2.14. The number of aromatic nitrogens is 1. The van der Waals surface area contributed by atoms with Crippen LogP contribution in [0.15, 0.2) is 36.5 Å². The first-order valence-electron chi connectivity index (χ1n) is 5.27. The number of hydrogen-bond donors (Lipinski definition) is 1. The first kappa shape index (κ1) is 11.3. The molecule has 4 heteroatoms. The molecule has 0 saturated carbocycles. The molecule has 0 radical (unpaired) electrons. The van der Waals surface area contributed by atoms with Gasteiger partial charge in [-0.3, -0.25) is 0 Å². The van der Waals surface area contributed by atoms with Gasteiger partial charge in [-0.2, -0.15) is 0 Å². The first-order valence-corrected chi connectivity index (χ1v) is 5.27. The number of aryl methyl sites for hydroxylation is 2. The summed E-state index contributed by atoms with van der Waals surface area (Å²) in [6, 6.07) is 8.93. The number of esters is 1. The summed E-state index contributed by atoms with van der Waals surface area (Å²) in [4.78, 5) is 11.8. The smallest absolute Gasteiger partial charge is 0.347 e. The Morgan fingerprint density at radius 3 is 2.41 bits per heavy atom. The van der Waals surface area contributed by atoms with Crippen LogP contribution in [0.2, 0.25) is 0 Å². The van der Waals surface area contributed by atoms with E-state index in [1.54, 1.807) is 36.0 Å². The van der Waals surface area contributed by atoms with Gasteiger partial charge in [0, 0.05) is 13.2 Å². The van der Waals surface area contributed by atoms with Crippen molar-refractivity contribution in [3.05, 3.63) is 47.7 Å². The Kier molecular flexibility index (Phi) is 2.87. The molecule has 0 unspecified atom stereocenters. The van der Waals surface area contributed by atoms with Gasteiger partial charge >= 0.3 is 5.97 Å². The van der Waals surface area contributed by atoms with Crippen LogP contribution in [0, 0.1) is 6.92 Å². The maximum absolute atomic E-state index is 11.8. The number of carbonyl (C=O) groups is 1. The summed E-state index contributed by atoms with van der Waals surface area (Å²) >= 11 is 0. The summed E-state index contributed by atoms with van der Waals surface area (Å²) in [5.41, 5.74) is 7.24. The molecule has 0 saturated heterocycles. The van der Waals surface area contributed by atoms with E-state index in [9.17, 15) is 4.79 Å². The number of rotatable bonds is 2. The molecule has 0 fully saturated rings. The molecule has 1 aromatic carbocycles. The molecule has 0 bridgehead atoms. The molecular weight excluding hydrogens is 216 g/mol. The average molecular weight is 230 g/mol. The second kappa shape index (κ2) is 4.33. The Morgan fingerprint density at radius 1 is 1.24 bits per heavy atom. The van der Waals surface area contributed by atoms with Crippen molar-refractivity contribution in [1.29, 1.82) is 0 Å². The van der Waals surface area contributed by atoms with Gasteiger partial charge in [0.2, 0.25) is 0 Å². The van der Waals surface area contributed by atoms with E-state index < -0.39 is 5.97 Å². The highest BCUT2D eigenvalue weighted by Crippen LogP contribution is 2.17. The Bertz CT molecular complexity index is 541. The van der Waals surface area contributed by atoms with Crippen molar-refractivity contribution in [3.8, 4) is 5.75 Å². The highest BCUT2D eigenvalue weighted by atomic mass is 16.5. The molecule has 4 nitrogen and oxygen atoms in total. The van der Waals surface area contributed by atoms with Gasteiger partial charge in [-0.15, -0.1) is 0 Å². The standard InChI is InChI=1S/C13H14N2O2/c1-9-3-5-10(6-4-9)17-13(16)11-7-8-15(2)12(11)14/h3-8H,14H2,1-2H3. The van der Waals surface area contributed by atoms with Gasteiger partial charge in [0.1, 0.15) is 17.1 Å². The monoisotopic (exact) mass is 230 g/mol. The molecule has 1 aromatic heterocycles. The number of carbonyl (C=O) groups excluding carboxylic acids is 1. The van der Waals surface area contributed by atoms with Crippen LogP contribution < -0.4 is 10.5 Å². The molecule has 0 spiro atoms. The fourth-order valence-corrected chi connectivity index (χ4v) is 1.48. The van der Waals surface area contributed by atoms with E-state index >= 15 is 0 Å². The van der Waals surface area contributed by atoms with E-state index in [0.717, 1.165) is 5.56 Å². The molecule has 2 aromatic rings. The number of benzene rings is 1. The molecule has 0 aliphatic carbocycles. The van der Waals surface area contributed by atoms with Gasteiger partial charge in [-0.05, 0) is 25.1 Å². The van der Waals surface area contributed by atoms with Crippen LogP contribution in [0.3, 0.4) is 0 Å². The molecule has 0 atom stereocenters. The largest absolute Gasteiger partial charge is 0.423 e. The number of ether oxygens (including phenoxy) is 1. The Balaban J connectivity index is 2.17. The zero-order chi connectivity index (χ0) is 12.4. The van der Waals surface area contributed by atoms with Gasteiger partial charge in [-0.1, -0.05) is 17.7 Å². The third-order valence-corrected chi connectivity index (χ3v) is 2.57. The number of anilines is 1. The van der Waals surface area contributed by atoms with Crippen molar-refractivity contribution in [2.45, 2.75) is 6.92 Å². The minimum absolute atomic E-state index is 0.382. The van der Waals surface area contributed by atoms with Crippen molar-refractivity contribution in [3.63, 3.8) is 0 Å². The van der Waals surface area contributed by atoms with Gasteiger partial charge in [0.15, 0.2) is 0 Å². The predicted octanol–water partition coefficient (Wildman–Crippen LogP) is 2.13. The Hall–Kier alpha value is -2.23. The predicted molar refractivity (Wildman–Crippen MR) is 66.0 cm³/mol. The lowest BCUT2D eigenvalue weighted by Gasteiger charge is -2.04. The van der Waals surface area contributed by atoms with Crippen LogP contribution >= 0.6 is 0 Å². The van der Waals surface area contributed by atoms with Crippen LogP contribution in [0.25, 0.3) is 0 Å². The van der Waals surface area contributed by atoms with Gasteiger partial charge in [-0.25, -0.2) is 4.79 Å². The molecule has 17 heavy (non-hydrogen) atoms. The third-order valence-electron chi connectivity index (χ3n) is 2.57. The summed E-state index contributed by atoms with van der Waals surface area (Å²) in [7, 11) is 1.78. The van der Waals surface area contributed by atoms with E-state index in [1.165, 1.54) is 0 Å². The molecule has 1 heterocycles. The Labute approximate surface area is 99.6 Å². The molecule has 0 aliphatic heterocycles. The summed E-state index contributed by atoms with van der Waals surface area (Å²) < 4.78 is 6.89. The Morgan fingerprint density at radius 2 is 1.88 bits per heavy atom. The maximum Gasteiger partial charge on any atom is 0.347 e. The van der Waals surface area contributed by atoms with Crippen LogP contribution in [0.4, 0.5) is 5.82 Å². The molecule has 88 valence electrons. The fourth-order valence-electron chi connectivity index (χ4n) is 1.48. The van der Waals surface area contributed by atoms with E-state index in [0.29, 0.717) is 17.1 Å². The average Bonchev–Trinajstić information content (AvgIpc) is 2.63. The normalized spacial score (nSPS) is 10.2. The van der Waals surface area contributed by atoms with E-state index in [-0.39, 0.29) is 0 Å². The van der Waals surface area contributed by atoms with Gasteiger partial charge < -0.3 is 15.0 Å². The fraction of sp³-hybridized carbons (Fsp3) is 0.154. The lowest BCUT2D eigenvalue weighted by molar-refractivity contribution is 0.0736. The van der Waals surface area contributed by atoms with E-state index in [4.69, 9.17) is 10.5 Å². The van der Waals surface area contributed by atoms with Crippen molar-refractivity contribution < 1.29 is 9.53 Å². The summed E-state index contributed by atoms with van der Waals surface area (Å²) in [5, 5.41) is 0. The van der Waals surface area contributed by atoms with Gasteiger partial charge in [0.25, 0.3) is 0 Å². The second-order valence-corrected chi connectivity index (χ2v) is 3.93. The highest BCUT2D eigenvalue weighted by molar-refractivity contribution is 5.95. The second-order valence-electron chi connectivity index (χ2n) is 3.93. The number of nitrogens with zero attached hydrogens (tertiary/aromatic N) is 1. The maximum atomic E-state index is 11.8. The number of hydrogen-bond acceptors (Lipinski definition) is 3. The van der Waals surface area contributed by atoms with Crippen molar-refractivity contribution >= 4 is 11.8 Å². The van der Waals surface area contributed by atoms with Crippen LogP contribution in [-0.4, -0.2) is 10.5 Å². The molecule has 2 N–H and O–H groups in total. The number of nitrogens with two attached hydrogens (primary N) is 1. The SMILES string of the molecule is Cc1ccc(OC(=O)c2ccn(C)c2N)cc1. The summed E-state index contributed by atoms with van der Waals surface area (Å²) in [6.45, 7) is 1.97. The van der Waals surface area contributed by atoms with Crippen molar-refractivity contribution in [2.75, 3.05) is 5.73 Å². The van der Waals surface area contributed by atoms with E-state index in [1.807, 2.05) is 19.1 Å². The molecular formula is C13H14N2O2. The lowest BCUT2D eigenvalue weighted by Crippen LogP contribution is -2.10. The quantitative estimate of drug-likeness (QED) is 0.635. The van der Waals surface area contributed by atoms with E-state index in [2.05, 4.69) is 0 Å². The lowest BCUT2D eigenvalue weighted by atomic mass is 10.2. The van der Waals surface area contributed by atoms with Crippen LogP contribution in [-0.2, 0) is 7.05 Å². The minimum Gasteiger partial charge on any atom is -0.423 e. The molecule has 0 amide bonds. The van der Waals surface area contributed by atoms with Crippen molar-refractivity contribution in [2.24, 2.45) is 7.05 Å². The zero-order valence-corrected chi connectivity index (χ0v) is 9.81. The van der Waals surface area contributed by atoms with Crippen molar-refractivity contribution in [1.82, 2.24) is 4.57 Å². The minimum atomic E-state index is -0.438. The summed E-state index contributed by atoms with van der Waals surface area (Å²) in [6.07, 6.45) is 1.72. The first-order chi connectivity index (χ1) is 8.08. The molecule has 0 aliphatic rings. The third kappa shape index (κ3) is 2.30. The van der Waals surface area contributed by atoms with Crippen LogP contribution in [0.5, 0.6) is 5.75 Å². The number of nitrogen functional groups attached to an aromatic ring is 1. The van der Waals surface area contributed by atoms with Crippen LogP contribution in [0.1, 0.15) is 15.9 Å².